The minimum atomic E-state index is -0.229. The summed E-state index contributed by atoms with van der Waals surface area (Å²) in [6.45, 7) is 31.4. The van der Waals surface area contributed by atoms with Crippen LogP contribution < -0.4 is 9.80 Å². The molecule has 2 nitrogen and oxygen atoms in total. The minimum absolute atomic E-state index is 0.101. The van der Waals surface area contributed by atoms with Crippen LogP contribution in [0.25, 0.3) is 99.4 Å². The van der Waals surface area contributed by atoms with Crippen molar-refractivity contribution in [2.45, 2.75) is 141 Å². The summed E-state index contributed by atoms with van der Waals surface area (Å²) in [5.41, 5.74) is 40.7. The van der Waals surface area contributed by atoms with Crippen molar-refractivity contribution in [1.82, 2.24) is 0 Å². The molecule has 1 unspecified atom stereocenters. The first-order chi connectivity index (χ1) is 51.0. The minimum Gasteiger partial charge on any atom is -0.315 e. The predicted molar refractivity (Wildman–Crippen MR) is 449 cm³/mol. The van der Waals surface area contributed by atoms with Crippen LogP contribution in [0.3, 0.4) is 0 Å². The van der Waals surface area contributed by atoms with Gasteiger partial charge in [0.25, 0.3) is 0 Å². The molecule has 0 bridgehead atoms. The third-order valence-corrected chi connectivity index (χ3v) is 26.8. The standard InChI is InChI=1S/C104H90N2/c1-62(38-39-65-61-99(2,3)86-32-20-14-26-71(65)86)105(68-42-48-78-73-28-16-22-34-88(73)102(8,9)94(78)58-68)66-45-51-81-84(56-66)98(64-40-47-77-72-27-15-21-33-87(72)101(6,7)93(77)55-64)82-52-46-67(57-85(82)97(81)63-41-53-92-83(54-63)76-31-19-25-37-91(76)100(92,4)5)106(69-43-49-79-74-29-17-23-35-89(74)103(10,11)95(79)59-69)70-44-50-80-75-30-18-24-36-90(75)104(12,13)96(80)60-70/h14-38,40-60,65H,39,61H2,1-13H3/b62-38+. The molecular weight excluding hydrogens is 1280 g/mol. The highest BCUT2D eigenvalue weighted by molar-refractivity contribution is 6.23. The topological polar surface area (TPSA) is 6.48 Å². The van der Waals surface area contributed by atoms with E-state index in [1.54, 1.807) is 0 Å². The van der Waals surface area contributed by atoms with E-state index in [0.29, 0.717) is 5.92 Å². The Morgan fingerprint density at radius 2 is 0.613 bits per heavy atom. The molecule has 1 atom stereocenters. The van der Waals surface area contributed by atoms with E-state index in [1.165, 1.54) is 178 Å². The summed E-state index contributed by atoms with van der Waals surface area (Å²) in [6, 6.07) is 107. The van der Waals surface area contributed by atoms with E-state index >= 15 is 0 Å². The molecule has 0 spiro atoms. The summed E-state index contributed by atoms with van der Waals surface area (Å²) in [4.78, 5) is 5.18. The van der Waals surface area contributed by atoms with E-state index in [0.717, 1.165) is 35.6 Å². The van der Waals surface area contributed by atoms with Crippen molar-refractivity contribution in [1.29, 1.82) is 0 Å². The van der Waals surface area contributed by atoms with Crippen LogP contribution in [0.5, 0.6) is 0 Å². The van der Waals surface area contributed by atoms with Gasteiger partial charge in [-0.1, -0.05) is 289 Å². The van der Waals surface area contributed by atoms with Gasteiger partial charge in [0.2, 0.25) is 0 Å². The van der Waals surface area contributed by atoms with E-state index in [-0.39, 0.29) is 32.5 Å². The lowest BCUT2D eigenvalue weighted by Gasteiger charge is -2.31. The van der Waals surface area contributed by atoms with Crippen molar-refractivity contribution in [3.05, 3.63) is 352 Å². The summed E-state index contributed by atoms with van der Waals surface area (Å²) in [7, 11) is 0. The van der Waals surface area contributed by atoms with Crippen molar-refractivity contribution in [2.75, 3.05) is 9.80 Å². The maximum Gasteiger partial charge on any atom is 0.0468 e. The largest absolute Gasteiger partial charge is 0.315 e. The highest BCUT2D eigenvalue weighted by Crippen LogP contribution is 2.59. The molecule has 516 valence electrons. The summed E-state index contributed by atoms with van der Waals surface area (Å²) in [5.74, 6) is 0.410. The third-order valence-electron chi connectivity index (χ3n) is 26.8. The van der Waals surface area contributed by atoms with Crippen molar-refractivity contribution < 1.29 is 0 Å². The van der Waals surface area contributed by atoms with Crippen LogP contribution in [0.4, 0.5) is 28.4 Å². The first-order valence-electron chi connectivity index (χ1n) is 38.6. The maximum absolute atomic E-state index is 2.60. The number of hydrogen-bond acceptors (Lipinski definition) is 2. The molecule has 0 fully saturated rings. The average molecular weight is 1370 g/mol. The van der Waals surface area contributed by atoms with Gasteiger partial charge >= 0.3 is 0 Å². The van der Waals surface area contributed by atoms with Crippen LogP contribution in [0.15, 0.2) is 285 Å². The molecule has 0 heterocycles. The average Bonchev–Trinajstić information content (AvgIpc) is 1.16. The molecule has 106 heavy (non-hydrogen) atoms. The van der Waals surface area contributed by atoms with E-state index in [9.17, 15) is 0 Å². The molecule has 0 N–H and O–H groups in total. The Labute approximate surface area is 626 Å². The van der Waals surface area contributed by atoms with E-state index < -0.39 is 0 Å². The van der Waals surface area contributed by atoms with Crippen LogP contribution in [0.2, 0.25) is 0 Å². The number of nitrogens with zero attached hydrogens (tertiary/aromatic N) is 2. The predicted octanol–water partition coefficient (Wildman–Crippen LogP) is 28.2. The molecule has 2 heteroatoms. The second kappa shape index (κ2) is 22.5. The smallest absolute Gasteiger partial charge is 0.0468 e. The first-order valence-corrected chi connectivity index (χ1v) is 38.6. The van der Waals surface area contributed by atoms with Crippen LogP contribution in [-0.2, 0) is 32.5 Å². The zero-order valence-electron chi connectivity index (χ0n) is 63.4. The van der Waals surface area contributed by atoms with Gasteiger partial charge in [-0.3, -0.25) is 0 Å². The van der Waals surface area contributed by atoms with Gasteiger partial charge in [-0.15, -0.1) is 0 Å². The summed E-state index contributed by atoms with van der Waals surface area (Å²) in [6.07, 6.45) is 4.62. The molecule has 0 aromatic heterocycles. The van der Waals surface area contributed by atoms with Gasteiger partial charge in [0, 0.05) is 61.2 Å². The highest BCUT2D eigenvalue weighted by Gasteiger charge is 2.43. The lowest BCUT2D eigenvalue weighted by atomic mass is 9.80. The Morgan fingerprint density at radius 3 is 1.10 bits per heavy atom. The van der Waals surface area contributed by atoms with Gasteiger partial charge in [-0.2, -0.15) is 0 Å². The van der Waals surface area contributed by atoms with Crippen LogP contribution in [0.1, 0.15) is 176 Å². The van der Waals surface area contributed by atoms with E-state index in [4.69, 9.17) is 0 Å². The van der Waals surface area contributed by atoms with Crippen LogP contribution >= 0.6 is 0 Å². The number of benzene rings is 14. The molecule has 0 saturated carbocycles. The zero-order chi connectivity index (χ0) is 72.5. The molecular formula is C104H90N2. The van der Waals surface area contributed by atoms with E-state index in [1.807, 2.05) is 0 Å². The lowest BCUT2D eigenvalue weighted by molar-refractivity contribution is 0.476. The Kier molecular flexibility index (Phi) is 13.7. The first kappa shape index (κ1) is 64.5. The number of fused-ring (bicyclic) bond motifs is 18. The van der Waals surface area contributed by atoms with Gasteiger partial charge in [-0.25, -0.2) is 0 Å². The normalized spacial score (nSPS) is 17.3. The molecule has 0 radical (unpaired) electrons. The second-order valence-corrected chi connectivity index (χ2v) is 34.9. The fourth-order valence-electron chi connectivity index (χ4n) is 21.3. The molecule has 0 aliphatic heterocycles. The van der Waals surface area contributed by atoms with Crippen molar-refractivity contribution >= 4 is 50.0 Å². The maximum atomic E-state index is 2.60. The van der Waals surface area contributed by atoms with Gasteiger partial charge < -0.3 is 9.80 Å². The van der Waals surface area contributed by atoms with Crippen molar-refractivity contribution in [3.63, 3.8) is 0 Å². The Balaban J connectivity index is 0.869. The van der Waals surface area contributed by atoms with E-state index in [2.05, 4.69) is 379 Å². The SMILES string of the molecule is C/C(=C\CC1CC(C)(C)c2ccccc21)N(c1ccc2c(c1)C(C)(C)c1ccccc1-2)c1ccc2c(-c3ccc4c(c3)-c3ccccc3C4(C)C)c3cc(N(c4ccc5c(c4)C(C)(C)c4ccccc4-5)c4ccc5c(c4)C(C)(C)c4ccccc4-5)ccc3c(-c3ccc4c(c3)C(C)(C)c3ccccc3-4)c2c1. The number of rotatable bonds is 10. The fourth-order valence-corrected chi connectivity index (χ4v) is 21.3. The van der Waals surface area contributed by atoms with Crippen LogP contribution in [-0.4, -0.2) is 0 Å². The van der Waals surface area contributed by atoms with Crippen molar-refractivity contribution in [2.24, 2.45) is 0 Å². The van der Waals surface area contributed by atoms with Crippen molar-refractivity contribution in [3.8, 4) is 77.9 Å². The lowest BCUT2D eigenvalue weighted by Crippen LogP contribution is -2.18. The Bertz CT molecular complexity index is 6080. The summed E-state index contributed by atoms with van der Waals surface area (Å²) in [5, 5.41) is 4.86. The monoisotopic (exact) mass is 1370 g/mol. The highest BCUT2D eigenvalue weighted by atomic mass is 15.2. The number of allylic oxidation sites excluding steroid dienone is 2. The van der Waals surface area contributed by atoms with Gasteiger partial charge in [0.15, 0.2) is 0 Å². The molecule has 14 aromatic rings. The molecule has 14 aromatic carbocycles. The Hall–Kier alpha value is -11.1. The van der Waals surface area contributed by atoms with Gasteiger partial charge in [0.1, 0.15) is 0 Å². The molecule has 20 rings (SSSR count). The van der Waals surface area contributed by atoms with Crippen LogP contribution in [0, 0.1) is 0 Å². The Morgan fingerprint density at radius 1 is 0.292 bits per heavy atom. The second-order valence-electron chi connectivity index (χ2n) is 34.9. The molecule has 0 saturated heterocycles. The number of hydrogen-bond donors (Lipinski definition) is 0. The molecule has 6 aliphatic carbocycles. The fraction of sp³-hybridized carbons (Fsp3) is 0.212. The van der Waals surface area contributed by atoms with Gasteiger partial charge in [-0.05, 0) is 270 Å². The molecule has 6 aliphatic rings. The third kappa shape index (κ3) is 9.09. The quantitative estimate of drug-likeness (QED) is 0.126. The summed E-state index contributed by atoms with van der Waals surface area (Å²) >= 11 is 0. The van der Waals surface area contributed by atoms with Gasteiger partial charge in [0.05, 0.1) is 0 Å². The summed E-state index contributed by atoms with van der Waals surface area (Å²) < 4.78 is 0. The number of anilines is 5. The zero-order valence-corrected chi connectivity index (χ0v) is 63.4. The molecule has 0 amide bonds.